The SMILES string of the molecule is CN=C(c1cnn(C2CC2)c1NN(C)CCNC)N(C)C1CCOCC1. The number of nitrogens with zero attached hydrogens (tertiary/aromatic N) is 5. The van der Waals surface area contributed by atoms with Gasteiger partial charge in [0, 0.05) is 53.5 Å². The lowest BCUT2D eigenvalue weighted by atomic mass is 10.1. The number of rotatable bonds is 8. The van der Waals surface area contributed by atoms with Crippen molar-refractivity contribution in [2.45, 2.75) is 37.8 Å². The first-order valence-electron chi connectivity index (χ1n) is 9.63. The third-order valence-electron chi connectivity index (χ3n) is 5.21. The lowest BCUT2D eigenvalue weighted by molar-refractivity contribution is 0.0606. The van der Waals surface area contributed by atoms with Gasteiger partial charge in [0.05, 0.1) is 17.8 Å². The summed E-state index contributed by atoms with van der Waals surface area (Å²) in [5.74, 6) is 2.04. The molecule has 1 aromatic rings. The number of nitrogens with one attached hydrogen (secondary N) is 2. The minimum absolute atomic E-state index is 0.460. The summed E-state index contributed by atoms with van der Waals surface area (Å²) in [6, 6.07) is 0.969. The van der Waals surface area contributed by atoms with E-state index >= 15 is 0 Å². The van der Waals surface area contributed by atoms with Gasteiger partial charge in [-0.2, -0.15) is 5.10 Å². The van der Waals surface area contributed by atoms with Crippen molar-refractivity contribution in [3.8, 4) is 0 Å². The number of hydrogen-bond acceptors (Lipinski definition) is 6. The molecule has 0 atom stereocenters. The van der Waals surface area contributed by atoms with E-state index in [1.807, 2.05) is 20.3 Å². The summed E-state index contributed by atoms with van der Waals surface area (Å²) in [6.45, 7) is 3.48. The molecule has 2 heterocycles. The predicted molar refractivity (Wildman–Crippen MR) is 105 cm³/mol. The number of aliphatic imine (C=N–C) groups is 1. The molecule has 1 aliphatic heterocycles. The van der Waals surface area contributed by atoms with Crippen molar-refractivity contribution in [1.29, 1.82) is 0 Å². The topological polar surface area (TPSA) is 70.0 Å². The lowest BCUT2D eigenvalue weighted by Gasteiger charge is -2.33. The zero-order valence-corrected chi connectivity index (χ0v) is 16.5. The van der Waals surface area contributed by atoms with Crippen molar-refractivity contribution < 1.29 is 4.74 Å². The maximum absolute atomic E-state index is 5.52. The number of likely N-dealkylation sites (N-methyl/N-ethyl adjacent to an activating group) is 2. The van der Waals surface area contributed by atoms with Crippen molar-refractivity contribution in [2.75, 3.05) is 59.9 Å². The fourth-order valence-corrected chi connectivity index (χ4v) is 3.46. The van der Waals surface area contributed by atoms with Crippen LogP contribution in [0, 0.1) is 0 Å². The zero-order chi connectivity index (χ0) is 18.5. The molecule has 26 heavy (non-hydrogen) atoms. The molecular formula is C18H33N7O. The van der Waals surface area contributed by atoms with Gasteiger partial charge in [-0.3, -0.25) is 4.99 Å². The van der Waals surface area contributed by atoms with E-state index in [-0.39, 0.29) is 0 Å². The Bertz CT molecular complexity index is 605. The van der Waals surface area contributed by atoms with Crippen molar-refractivity contribution in [1.82, 2.24) is 25.0 Å². The van der Waals surface area contributed by atoms with E-state index < -0.39 is 0 Å². The van der Waals surface area contributed by atoms with Crippen LogP contribution in [0.15, 0.2) is 11.2 Å². The maximum atomic E-state index is 5.52. The van der Waals surface area contributed by atoms with Crippen LogP contribution in [0.25, 0.3) is 0 Å². The Hall–Kier alpha value is -1.64. The molecule has 8 heteroatoms. The summed E-state index contributed by atoms with van der Waals surface area (Å²) in [7, 11) is 8.05. The first-order chi connectivity index (χ1) is 12.7. The average Bonchev–Trinajstić information content (AvgIpc) is 3.43. The van der Waals surface area contributed by atoms with Gasteiger partial charge in [0.25, 0.3) is 0 Å². The molecule has 2 aliphatic rings. The largest absolute Gasteiger partial charge is 0.381 e. The Labute approximate surface area is 156 Å². The third-order valence-corrected chi connectivity index (χ3v) is 5.21. The minimum atomic E-state index is 0.460. The molecule has 146 valence electrons. The van der Waals surface area contributed by atoms with Crippen LogP contribution in [-0.2, 0) is 4.74 Å². The molecule has 0 aromatic carbocycles. The summed E-state index contributed by atoms with van der Waals surface area (Å²) in [5, 5.41) is 9.99. The van der Waals surface area contributed by atoms with Crippen LogP contribution in [0.1, 0.15) is 37.3 Å². The molecule has 1 aliphatic carbocycles. The van der Waals surface area contributed by atoms with Crippen molar-refractivity contribution in [2.24, 2.45) is 4.99 Å². The van der Waals surface area contributed by atoms with E-state index in [1.54, 1.807) is 0 Å². The quantitative estimate of drug-likeness (QED) is 0.411. The Balaban J connectivity index is 1.82. The van der Waals surface area contributed by atoms with Gasteiger partial charge in [-0.15, -0.1) is 0 Å². The molecule has 0 unspecified atom stereocenters. The highest BCUT2D eigenvalue weighted by Gasteiger charge is 2.31. The van der Waals surface area contributed by atoms with Crippen LogP contribution in [0.4, 0.5) is 5.82 Å². The van der Waals surface area contributed by atoms with E-state index in [1.165, 1.54) is 12.8 Å². The minimum Gasteiger partial charge on any atom is -0.381 e. The van der Waals surface area contributed by atoms with E-state index in [9.17, 15) is 0 Å². The number of hydrogen-bond donors (Lipinski definition) is 2. The average molecular weight is 364 g/mol. The van der Waals surface area contributed by atoms with Gasteiger partial charge in [0.15, 0.2) is 0 Å². The molecule has 0 radical (unpaired) electrons. The standard InChI is InChI=1S/C18H33N7O/c1-19-9-10-23(3)22-18-16(13-21-25(18)15-5-6-15)17(20-2)24(4)14-7-11-26-12-8-14/h13-15,19,22H,5-12H2,1-4H3. The van der Waals surface area contributed by atoms with Gasteiger partial charge < -0.3 is 20.4 Å². The predicted octanol–water partition coefficient (Wildman–Crippen LogP) is 1.18. The highest BCUT2D eigenvalue weighted by molar-refractivity contribution is 6.02. The van der Waals surface area contributed by atoms with E-state index in [0.717, 1.165) is 56.4 Å². The van der Waals surface area contributed by atoms with E-state index in [0.29, 0.717) is 12.1 Å². The molecule has 2 N–H and O–H groups in total. The summed E-state index contributed by atoms with van der Waals surface area (Å²) in [6.07, 6.45) is 6.44. The van der Waals surface area contributed by atoms with Crippen LogP contribution in [-0.4, -0.2) is 86.1 Å². The molecule has 1 aromatic heterocycles. The Morgan fingerprint density at radius 1 is 1.31 bits per heavy atom. The first kappa shape index (κ1) is 19.1. The zero-order valence-electron chi connectivity index (χ0n) is 16.5. The monoisotopic (exact) mass is 363 g/mol. The fourth-order valence-electron chi connectivity index (χ4n) is 3.46. The number of amidine groups is 1. The van der Waals surface area contributed by atoms with Crippen molar-refractivity contribution in [3.05, 3.63) is 11.8 Å². The molecule has 1 saturated heterocycles. The summed E-state index contributed by atoms with van der Waals surface area (Å²) >= 11 is 0. The van der Waals surface area contributed by atoms with E-state index in [4.69, 9.17) is 4.74 Å². The van der Waals surface area contributed by atoms with Gasteiger partial charge in [-0.05, 0) is 32.7 Å². The molecule has 3 rings (SSSR count). The normalized spacial score (nSPS) is 19.2. The number of hydrazine groups is 1. The summed E-state index contributed by atoms with van der Waals surface area (Å²) in [5.41, 5.74) is 4.62. The molecule has 0 bridgehead atoms. The number of ether oxygens (including phenoxy) is 1. The van der Waals surface area contributed by atoms with Crippen molar-refractivity contribution in [3.63, 3.8) is 0 Å². The number of anilines is 1. The second-order valence-corrected chi connectivity index (χ2v) is 7.22. The van der Waals surface area contributed by atoms with E-state index in [2.05, 4.69) is 49.5 Å². The highest BCUT2D eigenvalue weighted by atomic mass is 16.5. The molecular weight excluding hydrogens is 330 g/mol. The molecule has 0 amide bonds. The van der Waals surface area contributed by atoms with Gasteiger partial charge in [0.2, 0.25) is 0 Å². The van der Waals surface area contributed by atoms with Crippen LogP contribution >= 0.6 is 0 Å². The van der Waals surface area contributed by atoms with Crippen molar-refractivity contribution >= 4 is 11.7 Å². The fraction of sp³-hybridized carbons (Fsp3) is 0.778. The van der Waals surface area contributed by atoms with Gasteiger partial charge in [-0.1, -0.05) is 0 Å². The summed E-state index contributed by atoms with van der Waals surface area (Å²) < 4.78 is 7.65. The second-order valence-electron chi connectivity index (χ2n) is 7.22. The first-order valence-corrected chi connectivity index (χ1v) is 9.63. The smallest absolute Gasteiger partial charge is 0.150 e. The molecule has 8 nitrogen and oxygen atoms in total. The van der Waals surface area contributed by atoms with Crippen LogP contribution in [0.5, 0.6) is 0 Å². The molecule has 0 spiro atoms. The maximum Gasteiger partial charge on any atom is 0.150 e. The molecule has 1 saturated carbocycles. The van der Waals surface area contributed by atoms with Gasteiger partial charge in [-0.25, -0.2) is 9.69 Å². The van der Waals surface area contributed by atoms with Gasteiger partial charge >= 0.3 is 0 Å². The summed E-state index contributed by atoms with van der Waals surface area (Å²) in [4.78, 5) is 6.94. The van der Waals surface area contributed by atoms with Crippen LogP contribution in [0.3, 0.4) is 0 Å². The Morgan fingerprint density at radius 3 is 2.65 bits per heavy atom. The van der Waals surface area contributed by atoms with Gasteiger partial charge in [0.1, 0.15) is 11.7 Å². The molecule has 2 fully saturated rings. The Morgan fingerprint density at radius 2 is 2.04 bits per heavy atom. The Kier molecular flexibility index (Phi) is 6.50. The number of aromatic nitrogens is 2. The van der Waals surface area contributed by atoms with Crippen LogP contribution in [0.2, 0.25) is 0 Å². The second kappa shape index (κ2) is 8.83. The third kappa shape index (κ3) is 4.36. The lowest BCUT2D eigenvalue weighted by Crippen LogP contribution is -2.41. The van der Waals surface area contributed by atoms with Crippen LogP contribution < -0.4 is 10.7 Å². The highest BCUT2D eigenvalue weighted by Crippen LogP contribution is 2.38.